The third-order valence-electron chi connectivity index (χ3n) is 5.33. The number of nitro groups is 1. The van der Waals surface area contributed by atoms with Crippen LogP contribution in [0.25, 0.3) is 0 Å². The van der Waals surface area contributed by atoms with Crippen LogP contribution in [-0.4, -0.2) is 54.1 Å². The standard InChI is InChI=1S/C23H21N5O7/c1-14-23(22(31)35-4,15(2)26-27(25-14)17-8-6-5-7-9-17)19(21(30)34-3)24-20(29)16-10-12-18(13-11-16)28(32)33/h5-13H,1-4H3. The lowest BCUT2D eigenvalue weighted by Crippen LogP contribution is -2.57. The Bertz CT molecular complexity index is 1250. The maximum atomic E-state index is 13.2. The molecule has 3 rings (SSSR count). The van der Waals surface area contributed by atoms with Crippen LogP contribution in [-0.2, 0) is 19.1 Å². The Hall–Kier alpha value is -4.74. The van der Waals surface area contributed by atoms with E-state index in [1.165, 1.54) is 31.1 Å². The first-order valence-corrected chi connectivity index (χ1v) is 10.2. The van der Waals surface area contributed by atoms with Gasteiger partial charge >= 0.3 is 11.9 Å². The molecule has 2 aromatic carbocycles. The Balaban J connectivity index is 2.18. The summed E-state index contributed by atoms with van der Waals surface area (Å²) < 4.78 is 9.82. The van der Waals surface area contributed by atoms with E-state index in [2.05, 4.69) is 15.2 Å². The van der Waals surface area contributed by atoms with Crippen LogP contribution in [0, 0.1) is 15.5 Å². The van der Waals surface area contributed by atoms with E-state index in [1.54, 1.807) is 24.3 Å². The Kier molecular flexibility index (Phi) is 7.14. The van der Waals surface area contributed by atoms with Gasteiger partial charge in [0.1, 0.15) is 0 Å². The zero-order chi connectivity index (χ0) is 25.8. The van der Waals surface area contributed by atoms with Crippen LogP contribution in [0.4, 0.5) is 11.4 Å². The highest BCUT2D eigenvalue weighted by Crippen LogP contribution is 2.33. The predicted octanol–water partition coefficient (Wildman–Crippen LogP) is 2.78. The largest absolute Gasteiger partial charge is 0.468 e. The van der Waals surface area contributed by atoms with Gasteiger partial charge in [0.05, 0.1) is 36.3 Å². The highest BCUT2D eigenvalue weighted by atomic mass is 16.6. The highest BCUT2D eigenvalue weighted by Gasteiger charge is 2.56. The fourth-order valence-corrected chi connectivity index (χ4v) is 3.55. The van der Waals surface area contributed by atoms with E-state index < -0.39 is 33.9 Å². The van der Waals surface area contributed by atoms with Crippen molar-refractivity contribution in [2.75, 3.05) is 19.3 Å². The smallest absolute Gasteiger partial charge is 0.354 e. The fraction of sp³-hybridized carbons (Fsp3) is 0.217. The summed E-state index contributed by atoms with van der Waals surface area (Å²) in [6.45, 7) is 2.94. The molecule has 12 nitrogen and oxygen atoms in total. The van der Waals surface area contributed by atoms with E-state index in [9.17, 15) is 24.5 Å². The molecule has 1 aliphatic rings. The zero-order valence-electron chi connectivity index (χ0n) is 19.3. The lowest BCUT2D eigenvalue weighted by Gasteiger charge is -2.35. The number of carbonyl (C=O) groups excluding carboxylic acids is 3. The van der Waals surface area contributed by atoms with Crippen molar-refractivity contribution in [2.24, 2.45) is 20.6 Å². The van der Waals surface area contributed by atoms with Gasteiger partial charge in [-0.2, -0.15) is 15.3 Å². The minimum absolute atomic E-state index is 0.0528. The van der Waals surface area contributed by atoms with Crippen LogP contribution < -0.4 is 5.12 Å². The molecule has 180 valence electrons. The van der Waals surface area contributed by atoms with Gasteiger partial charge in [0.2, 0.25) is 0 Å². The molecule has 2 aromatic rings. The predicted molar refractivity (Wildman–Crippen MR) is 126 cm³/mol. The van der Waals surface area contributed by atoms with Crippen molar-refractivity contribution < 1.29 is 28.8 Å². The van der Waals surface area contributed by atoms with Crippen molar-refractivity contribution in [1.82, 2.24) is 0 Å². The number of esters is 2. The van der Waals surface area contributed by atoms with E-state index in [-0.39, 0.29) is 22.7 Å². The molecular weight excluding hydrogens is 458 g/mol. The molecule has 0 N–H and O–H groups in total. The van der Waals surface area contributed by atoms with Crippen LogP contribution in [0.15, 0.2) is 69.8 Å². The monoisotopic (exact) mass is 479 g/mol. The molecule has 0 saturated heterocycles. The Morgan fingerprint density at radius 3 is 2.00 bits per heavy atom. The molecule has 1 amide bonds. The average Bonchev–Trinajstić information content (AvgIpc) is 2.87. The second-order valence-electron chi connectivity index (χ2n) is 7.30. The number of ether oxygens (including phenoxy) is 2. The normalized spacial score (nSPS) is 15.0. The summed E-state index contributed by atoms with van der Waals surface area (Å²) in [6.07, 6.45) is 0. The Morgan fingerprint density at radius 1 is 0.943 bits per heavy atom. The number of amides is 1. The number of methoxy groups -OCH3 is 2. The maximum absolute atomic E-state index is 13.2. The molecule has 1 heterocycles. The molecule has 1 aliphatic heterocycles. The van der Waals surface area contributed by atoms with Gasteiger partial charge in [-0.1, -0.05) is 18.2 Å². The molecule has 0 fully saturated rings. The number of non-ortho nitro benzene ring substituents is 1. The number of hydrazone groups is 2. The third-order valence-corrected chi connectivity index (χ3v) is 5.33. The first kappa shape index (κ1) is 24.9. The molecule has 35 heavy (non-hydrogen) atoms. The number of para-hydroxylation sites is 1. The topological polar surface area (TPSA) is 153 Å². The van der Waals surface area contributed by atoms with Crippen molar-refractivity contribution in [2.45, 2.75) is 13.8 Å². The summed E-state index contributed by atoms with van der Waals surface area (Å²) in [6, 6.07) is 13.5. The summed E-state index contributed by atoms with van der Waals surface area (Å²) in [5.41, 5.74) is -2.24. The molecular formula is C23H21N5O7. The van der Waals surface area contributed by atoms with Gasteiger partial charge < -0.3 is 9.47 Å². The number of hydrogen-bond acceptors (Lipinski definition) is 10. The number of aliphatic imine (C=N–C) groups is 1. The van der Waals surface area contributed by atoms with Gasteiger partial charge in [0.15, 0.2) is 11.1 Å². The van der Waals surface area contributed by atoms with Crippen molar-refractivity contribution in [3.63, 3.8) is 0 Å². The van der Waals surface area contributed by atoms with Crippen LogP contribution in [0.5, 0.6) is 0 Å². The average molecular weight is 479 g/mol. The van der Waals surface area contributed by atoms with E-state index in [0.717, 1.165) is 26.4 Å². The highest BCUT2D eigenvalue weighted by molar-refractivity contribution is 6.57. The number of rotatable bonds is 6. The Labute approximate surface area is 199 Å². The van der Waals surface area contributed by atoms with Crippen LogP contribution in [0.1, 0.15) is 24.2 Å². The molecule has 0 bridgehead atoms. The Morgan fingerprint density at radius 2 is 1.51 bits per heavy atom. The molecule has 12 heteroatoms. The number of hydrogen-bond donors (Lipinski definition) is 0. The maximum Gasteiger partial charge on any atom is 0.354 e. The molecule has 0 spiro atoms. The first-order chi connectivity index (χ1) is 16.7. The van der Waals surface area contributed by atoms with Gasteiger partial charge in [-0.3, -0.25) is 19.7 Å². The van der Waals surface area contributed by atoms with E-state index >= 15 is 0 Å². The molecule has 0 saturated carbocycles. The van der Waals surface area contributed by atoms with E-state index in [0.29, 0.717) is 5.69 Å². The van der Waals surface area contributed by atoms with Crippen LogP contribution in [0.3, 0.4) is 0 Å². The van der Waals surface area contributed by atoms with Crippen LogP contribution >= 0.6 is 0 Å². The SMILES string of the molecule is COC(=O)C(=NC(=O)c1ccc([N+](=O)[O-])cc1)C1(C(=O)OC)C(C)=NN(c2ccccc2)N=C1C. The lowest BCUT2D eigenvalue weighted by molar-refractivity contribution is -0.384. The zero-order valence-corrected chi connectivity index (χ0v) is 19.3. The minimum atomic E-state index is -2.05. The summed E-state index contributed by atoms with van der Waals surface area (Å²) in [5, 5.41) is 20.9. The van der Waals surface area contributed by atoms with Crippen molar-refractivity contribution in [3.05, 3.63) is 70.3 Å². The molecule has 0 radical (unpaired) electrons. The number of benzene rings is 2. The fourth-order valence-electron chi connectivity index (χ4n) is 3.55. The number of anilines is 1. The summed E-state index contributed by atoms with van der Waals surface area (Å²) >= 11 is 0. The van der Waals surface area contributed by atoms with Crippen LogP contribution in [0.2, 0.25) is 0 Å². The summed E-state index contributed by atoms with van der Waals surface area (Å²) in [5.74, 6) is -2.97. The van der Waals surface area contributed by atoms with E-state index in [1.807, 2.05) is 6.07 Å². The third kappa shape index (κ3) is 4.53. The van der Waals surface area contributed by atoms with Crippen molar-refractivity contribution in [3.8, 4) is 0 Å². The van der Waals surface area contributed by atoms with Gasteiger partial charge in [0.25, 0.3) is 11.6 Å². The molecule has 0 atom stereocenters. The number of nitrogens with zero attached hydrogens (tertiary/aromatic N) is 5. The second-order valence-corrected chi connectivity index (χ2v) is 7.30. The van der Waals surface area contributed by atoms with E-state index in [4.69, 9.17) is 9.47 Å². The van der Waals surface area contributed by atoms with Crippen molar-refractivity contribution in [1.29, 1.82) is 0 Å². The quantitative estimate of drug-likeness (QED) is 0.265. The van der Waals surface area contributed by atoms with Gasteiger partial charge in [-0.05, 0) is 38.1 Å². The van der Waals surface area contributed by atoms with Gasteiger partial charge in [-0.15, -0.1) is 0 Å². The van der Waals surface area contributed by atoms with Gasteiger partial charge in [0, 0.05) is 17.7 Å². The summed E-state index contributed by atoms with van der Waals surface area (Å²) in [4.78, 5) is 53.2. The minimum Gasteiger partial charge on any atom is -0.468 e. The molecule has 0 aromatic heterocycles. The molecule has 0 aliphatic carbocycles. The first-order valence-electron chi connectivity index (χ1n) is 10.2. The number of carbonyl (C=O) groups is 3. The van der Waals surface area contributed by atoms with Gasteiger partial charge in [-0.25, -0.2) is 9.79 Å². The molecule has 0 unspecified atom stereocenters. The lowest BCUT2D eigenvalue weighted by atomic mass is 9.74. The van der Waals surface area contributed by atoms with Crippen molar-refractivity contribution >= 4 is 46.4 Å². The second kappa shape index (κ2) is 10.0. The summed E-state index contributed by atoms with van der Waals surface area (Å²) in [7, 11) is 2.18. The number of nitro benzene ring substituents is 1.